The Hall–Kier alpha value is -1.47. The quantitative estimate of drug-likeness (QED) is 0.382. The second kappa shape index (κ2) is 8.58. The van der Waals surface area contributed by atoms with Crippen LogP contribution in [0.25, 0.3) is 11.1 Å². The van der Waals surface area contributed by atoms with Crippen LogP contribution in [0.3, 0.4) is 0 Å². The summed E-state index contributed by atoms with van der Waals surface area (Å²) in [7, 11) is 0. The van der Waals surface area contributed by atoms with Crippen molar-refractivity contribution >= 4 is 41.3 Å². The summed E-state index contributed by atoms with van der Waals surface area (Å²) < 4.78 is 13.6. The number of benzene rings is 2. The largest absolute Gasteiger partial charge is 0.376 e. The van der Waals surface area contributed by atoms with Crippen LogP contribution >= 0.6 is 36.2 Å². The molecule has 128 valence electrons. The minimum Gasteiger partial charge on any atom is -0.376 e. The maximum absolute atomic E-state index is 13.6. The highest BCUT2D eigenvalue weighted by molar-refractivity contribution is 14.0. The van der Waals surface area contributed by atoms with Crippen molar-refractivity contribution in [3.05, 3.63) is 71.1 Å². The predicted molar refractivity (Wildman–Crippen MR) is 114 cm³/mol. The third-order valence-corrected chi connectivity index (χ3v) is 3.96. The first-order valence-electron chi connectivity index (χ1n) is 7.39. The van der Waals surface area contributed by atoms with Crippen LogP contribution in [0.2, 0.25) is 0 Å². The van der Waals surface area contributed by atoms with Crippen molar-refractivity contribution in [1.29, 1.82) is 0 Å². The summed E-state index contributed by atoms with van der Waals surface area (Å²) in [5.41, 5.74) is 11.5. The van der Waals surface area contributed by atoms with Gasteiger partial charge in [-0.15, -0.1) is 30.6 Å². The number of nitrogens with one attached hydrogen (secondary N) is 1. The van der Waals surface area contributed by atoms with Crippen molar-refractivity contribution in [3.8, 4) is 11.1 Å². The monoisotopic (exact) mass is 456 g/mol. The molecule has 0 aliphatic heterocycles. The zero-order valence-electron chi connectivity index (χ0n) is 14.0. The van der Waals surface area contributed by atoms with E-state index in [9.17, 15) is 4.39 Å². The van der Waals surface area contributed by atoms with Gasteiger partial charge in [0.05, 0.1) is 6.04 Å². The van der Waals surface area contributed by atoms with Crippen LogP contribution in [0.1, 0.15) is 28.3 Å². The van der Waals surface area contributed by atoms with Gasteiger partial charge in [0.25, 0.3) is 0 Å². The summed E-state index contributed by atoms with van der Waals surface area (Å²) in [6, 6.07) is 9.14. The molecule has 0 spiro atoms. The van der Waals surface area contributed by atoms with E-state index in [1.165, 1.54) is 6.07 Å². The van der Waals surface area contributed by atoms with Crippen molar-refractivity contribution in [2.45, 2.75) is 26.8 Å². The van der Waals surface area contributed by atoms with E-state index in [-0.39, 0.29) is 40.9 Å². The molecular weight excluding hydrogens is 434 g/mol. The van der Waals surface area contributed by atoms with Crippen molar-refractivity contribution < 1.29 is 4.39 Å². The van der Waals surface area contributed by atoms with Crippen LogP contribution in [0.5, 0.6) is 0 Å². The number of hydrogen-bond donors (Lipinski definition) is 2. The Kier molecular flexibility index (Phi) is 7.35. The fourth-order valence-electron chi connectivity index (χ4n) is 2.84. The Morgan fingerprint density at radius 2 is 1.88 bits per heavy atom. The summed E-state index contributed by atoms with van der Waals surface area (Å²) in [6.45, 7) is 9.73. The summed E-state index contributed by atoms with van der Waals surface area (Å²) >= 11 is 4.97. The van der Waals surface area contributed by atoms with E-state index in [4.69, 9.17) is 18.0 Å². The molecule has 2 aromatic rings. The van der Waals surface area contributed by atoms with Gasteiger partial charge in [-0.2, -0.15) is 0 Å². The average molecular weight is 456 g/mol. The molecule has 0 aliphatic carbocycles. The third kappa shape index (κ3) is 4.54. The number of aryl methyl sites for hydroxylation is 3. The highest BCUT2D eigenvalue weighted by atomic mass is 127. The Bertz CT molecular complexity index is 774. The van der Waals surface area contributed by atoms with Gasteiger partial charge in [-0.05, 0) is 72.9 Å². The number of hydrogen-bond acceptors (Lipinski definition) is 1. The molecule has 2 aromatic carbocycles. The normalized spacial score (nSPS) is 11.3. The third-order valence-electron chi connectivity index (χ3n) is 3.84. The average Bonchev–Trinajstić information content (AvgIpc) is 2.47. The smallest absolute Gasteiger partial charge is 0.164 e. The lowest BCUT2D eigenvalue weighted by Gasteiger charge is -2.22. The molecule has 3 N–H and O–H groups in total. The van der Waals surface area contributed by atoms with Gasteiger partial charge in [-0.3, -0.25) is 0 Å². The lowest BCUT2D eigenvalue weighted by molar-refractivity contribution is 0.619. The van der Waals surface area contributed by atoms with Gasteiger partial charge >= 0.3 is 0 Å². The first kappa shape index (κ1) is 20.6. The van der Waals surface area contributed by atoms with Gasteiger partial charge in [-0.25, -0.2) is 4.39 Å². The van der Waals surface area contributed by atoms with Crippen LogP contribution in [0.15, 0.2) is 43.0 Å². The van der Waals surface area contributed by atoms with E-state index >= 15 is 0 Å². The zero-order valence-corrected chi connectivity index (χ0v) is 17.2. The summed E-state index contributed by atoms with van der Waals surface area (Å²) in [5, 5.41) is 3.28. The molecule has 2 rings (SSSR count). The molecular formula is C19H22FIN2S. The topological polar surface area (TPSA) is 38.0 Å². The lowest BCUT2D eigenvalue weighted by Crippen LogP contribution is -2.32. The van der Waals surface area contributed by atoms with Gasteiger partial charge in [0, 0.05) is 0 Å². The van der Waals surface area contributed by atoms with Crippen LogP contribution < -0.4 is 11.1 Å². The Morgan fingerprint density at radius 1 is 1.21 bits per heavy atom. The second-order valence-corrected chi connectivity index (χ2v) is 6.17. The van der Waals surface area contributed by atoms with Crippen molar-refractivity contribution in [1.82, 2.24) is 5.32 Å². The Morgan fingerprint density at radius 3 is 2.42 bits per heavy atom. The summed E-state index contributed by atoms with van der Waals surface area (Å²) in [5.74, 6) is -0.207. The highest BCUT2D eigenvalue weighted by Crippen LogP contribution is 2.33. The molecule has 0 saturated carbocycles. The fourth-order valence-corrected chi connectivity index (χ4v) is 2.97. The summed E-state index contributed by atoms with van der Waals surface area (Å²) in [4.78, 5) is 0. The molecule has 0 radical (unpaired) electrons. The van der Waals surface area contributed by atoms with Crippen LogP contribution in [0, 0.1) is 26.6 Å². The molecule has 5 heteroatoms. The molecule has 2 nitrogen and oxygen atoms in total. The number of rotatable bonds is 4. The molecule has 0 bridgehead atoms. The van der Waals surface area contributed by atoms with Crippen molar-refractivity contribution in [2.75, 3.05) is 0 Å². The van der Waals surface area contributed by atoms with Crippen LogP contribution in [-0.2, 0) is 0 Å². The molecule has 0 aromatic heterocycles. The number of halogens is 2. The number of thiocarbonyl (C=S) groups is 1. The molecule has 0 aliphatic rings. The van der Waals surface area contributed by atoms with Gasteiger partial charge < -0.3 is 11.1 Å². The van der Waals surface area contributed by atoms with Gasteiger partial charge in [0.1, 0.15) is 5.82 Å². The minimum atomic E-state index is -0.207. The van der Waals surface area contributed by atoms with E-state index in [2.05, 4.69) is 24.0 Å². The maximum atomic E-state index is 13.6. The molecule has 24 heavy (non-hydrogen) atoms. The summed E-state index contributed by atoms with van der Waals surface area (Å²) in [6.07, 6.45) is 1.77. The number of nitrogens with two attached hydrogens (primary N) is 1. The molecule has 0 saturated heterocycles. The standard InChI is InChI=1S/C19H21FN2S.HI/c1-5-17(22-19(21)23)18-13(4)8-11(2)9-15(18)14-6-7-16(20)12(3)10-14;/h5-10,17H,1H2,2-4H3,(H3,21,22,23);1H/t17-;/m0./s1. The predicted octanol–water partition coefficient (Wildman–Crippen LogP) is 5.10. The molecule has 0 heterocycles. The Balaban J connectivity index is 0.00000288. The fraction of sp³-hybridized carbons (Fsp3) is 0.211. The van der Waals surface area contributed by atoms with E-state index in [0.717, 1.165) is 27.8 Å². The van der Waals surface area contributed by atoms with Gasteiger partial charge in [-0.1, -0.05) is 29.8 Å². The van der Waals surface area contributed by atoms with Gasteiger partial charge in [0.2, 0.25) is 0 Å². The minimum absolute atomic E-state index is 0. The molecule has 0 fully saturated rings. The van der Waals surface area contributed by atoms with E-state index in [1.807, 2.05) is 19.9 Å². The molecule has 0 unspecified atom stereocenters. The zero-order chi connectivity index (χ0) is 17.1. The van der Waals surface area contributed by atoms with Crippen LogP contribution in [-0.4, -0.2) is 5.11 Å². The molecule has 0 amide bonds. The maximum Gasteiger partial charge on any atom is 0.164 e. The Labute approximate surface area is 165 Å². The van der Waals surface area contributed by atoms with Crippen molar-refractivity contribution in [3.63, 3.8) is 0 Å². The SMILES string of the molecule is C=C[C@H](NC(N)=S)c1c(C)cc(C)cc1-c1ccc(F)c(C)c1.I. The van der Waals surface area contributed by atoms with Crippen molar-refractivity contribution in [2.24, 2.45) is 5.73 Å². The lowest BCUT2D eigenvalue weighted by atomic mass is 9.89. The molecule has 1 atom stereocenters. The first-order valence-corrected chi connectivity index (χ1v) is 7.80. The van der Waals surface area contributed by atoms with E-state index in [0.29, 0.717) is 5.56 Å². The van der Waals surface area contributed by atoms with Crippen LogP contribution in [0.4, 0.5) is 4.39 Å². The second-order valence-electron chi connectivity index (χ2n) is 5.73. The van der Waals surface area contributed by atoms with E-state index in [1.54, 1.807) is 19.1 Å². The van der Waals surface area contributed by atoms with Gasteiger partial charge in [0.15, 0.2) is 5.11 Å². The highest BCUT2D eigenvalue weighted by Gasteiger charge is 2.17. The van der Waals surface area contributed by atoms with E-state index < -0.39 is 0 Å². The first-order chi connectivity index (χ1) is 10.8.